The van der Waals surface area contributed by atoms with Crippen LogP contribution >= 0.6 is 0 Å². The summed E-state index contributed by atoms with van der Waals surface area (Å²) in [5, 5.41) is 0. The monoisotopic (exact) mass is 566 g/mol. The van der Waals surface area contributed by atoms with E-state index in [-0.39, 0.29) is 0 Å². The molecule has 0 aromatic heterocycles. The van der Waals surface area contributed by atoms with Gasteiger partial charge in [0, 0.05) is 20.8 Å². The Morgan fingerprint density at radius 2 is 1.43 bits per heavy atom. The zero-order valence-corrected chi connectivity index (χ0v) is 24.1. The highest BCUT2D eigenvalue weighted by Gasteiger charge is 2.56. The molecule has 5 atom stereocenters. The first-order valence-corrected chi connectivity index (χ1v) is 12.8. The van der Waals surface area contributed by atoms with Crippen LogP contribution in [0.4, 0.5) is 0 Å². The molecule has 1 aliphatic rings. The Bertz CT molecular complexity index is 1090. The van der Waals surface area contributed by atoms with Crippen molar-refractivity contribution in [3.63, 3.8) is 0 Å². The summed E-state index contributed by atoms with van der Waals surface area (Å²) in [5.74, 6) is -3.47. The first-order valence-electron chi connectivity index (χ1n) is 12.8. The third kappa shape index (κ3) is 8.94. The van der Waals surface area contributed by atoms with E-state index in [1.165, 1.54) is 0 Å². The van der Waals surface area contributed by atoms with Gasteiger partial charge >= 0.3 is 29.8 Å². The molecule has 0 unspecified atom stereocenters. The average Bonchev–Trinajstić information content (AvgIpc) is 2.85. The fourth-order valence-electron chi connectivity index (χ4n) is 4.10. The summed E-state index contributed by atoms with van der Waals surface area (Å²) in [7, 11) is 1.07. The maximum atomic E-state index is 13.3. The number of hydrogen-bond acceptors (Lipinski definition) is 12. The Morgan fingerprint density at radius 3 is 2.00 bits per heavy atom. The molecule has 12 nitrogen and oxygen atoms in total. The molecule has 222 valence electrons. The van der Waals surface area contributed by atoms with Crippen molar-refractivity contribution in [1.82, 2.24) is 0 Å². The number of benzene rings is 1. The third-order valence-electron chi connectivity index (χ3n) is 6.16. The van der Waals surface area contributed by atoms with Gasteiger partial charge in [0.05, 0.1) is 19.1 Å². The first-order chi connectivity index (χ1) is 18.7. The number of ether oxygens (including phenoxy) is 7. The molecule has 1 heterocycles. The molecule has 0 N–H and O–H groups in total. The average molecular weight is 567 g/mol. The summed E-state index contributed by atoms with van der Waals surface area (Å²) in [6.45, 7) is 10.8. The van der Waals surface area contributed by atoms with Crippen LogP contribution in [0.1, 0.15) is 58.6 Å². The Hall–Kier alpha value is -3.67. The van der Waals surface area contributed by atoms with Gasteiger partial charge in [-0.25, -0.2) is 4.79 Å². The quantitative estimate of drug-likeness (QED) is 0.220. The number of carbonyl (C=O) groups is 5. The number of aryl methyl sites for hydroxylation is 2. The van der Waals surface area contributed by atoms with Crippen LogP contribution in [-0.2, 0) is 52.4 Å². The van der Waals surface area contributed by atoms with E-state index in [2.05, 4.69) is 0 Å². The molecule has 0 spiro atoms. The predicted molar refractivity (Wildman–Crippen MR) is 138 cm³/mol. The summed E-state index contributed by atoms with van der Waals surface area (Å²) >= 11 is 0. The van der Waals surface area contributed by atoms with Crippen LogP contribution in [-0.4, -0.2) is 74.3 Å². The second-order valence-electron chi connectivity index (χ2n) is 10.2. The molecule has 0 aliphatic carbocycles. The largest absolute Gasteiger partial charge is 0.493 e. The van der Waals surface area contributed by atoms with Crippen molar-refractivity contribution < 1.29 is 57.1 Å². The van der Waals surface area contributed by atoms with Gasteiger partial charge in [0.25, 0.3) is 0 Å². The summed E-state index contributed by atoms with van der Waals surface area (Å²) in [4.78, 5) is 61.5. The Labute approximate surface area is 233 Å². The predicted octanol–water partition coefficient (Wildman–Crippen LogP) is 2.72. The molecular weight excluding hydrogens is 528 g/mol. The topological polar surface area (TPSA) is 150 Å². The maximum absolute atomic E-state index is 13.3. The number of esters is 5. The van der Waals surface area contributed by atoms with Gasteiger partial charge in [0.15, 0.2) is 18.3 Å². The molecule has 40 heavy (non-hydrogen) atoms. The molecular formula is C28H38O12. The van der Waals surface area contributed by atoms with Crippen molar-refractivity contribution in [1.29, 1.82) is 0 Å². The summed E-state index contributed by atoms with van der Waals surface area (Å²) in [6.07, 6.45) is -7.15. The normalized spacial score (nSPS) is 22.4. The highest BCUT2D eigenvalue weighted by atomic mass is 16.7. The lowest BCUT2D eigenvalue weighted by atomic mass is 9.88. The van der Waals surface area contributed by atoms with Crippen molar-refractivity contribution in [2.45, 2.75) is 92.0 Å². The van der Waals surface area contributed by atoms with Crippen molar-refractivity contribution in [3.8, 4) is 5.75 Å². The summed E-state index contributed by atoms with van der Waals surface area (Å²) < 4.78 is 37.7. The lowest BCUT2D eigenvalue weighted by Gasteiger charge is -2.43. The van der Waals surface area contributed by atoms with Gasteiger partial charge in [-0.15, -0.1) is 0 Å². The van der Waals surface area contributed by atoms with Crippen molar-refractivity contribution in [3.05, 3.63) is 29.3 Å². The van der Waals surface area contributed by atoms with E-state index in [4.69, 9.17) is 33.2 Å². The van der Waals surface area contributed by atoms with E-state index in [1.54, 1.807) is 13.8 Å². The van der Waals surface area contributed by atoms with E-state index in [9.17, 15) is 24.0 Å². The van der Waals surface area contributed by atoms with Gasteiger partial charge in [-0.05, 0) is 57.7 Å². The van der Waals surface area contributed by atoms with Crippen LogP contribution in [0.25, 0.3) is 0 Å². The molecule has 0 amide bonds. The standard InChI is InChI=1S/C28H38O12/c1-15-10-11-16(2)20(14-15)35-13-9-12-28(6,7)27(33)40-26-24(38-19(5)31)22(37-18(4)30)21(36-17(3)29)23(39-26)25(32)34-8/h10-11,14,21-24,26H,9,12-13H2,1-8H3/t21-,22-,23-,24+,26-/m0/s1. The van der Waals surface area contributed by atoms with Gasteiger partial charge in [0.2, 0.25) is 12.4 Å². The molecule has 12 heteroatoms. The second-order valence-corrected chi connectivity index (χ2v) is 10.2. The Morgan fingerprint density at radius 1 is 0.850 bits per heavy atom. The minimum Gasteiger partial charge on any atom is -0.493 e. The van der Waals surface area contributed by atoms with Crippen molar-refractivity contribution >= 4 is 29.8 Å². The Balaban J connectivity index is 2.23. The van der Waals surface area contributed by atoms with Gasteiger partial charge < -0.3 is 33.2 Å². The smallest absolute Gasteiger partial charge is 0.339 e. The number of hydrogen-bond donors (Lipinski definition) is 0. The molecule has 1 saturated heterocycles. The number of carbonyl (C=O) groups excluding carboxylic acids is 5. The fourth-order valence-corrected chi connectivity index (χ4v) is 4.10. The highest BCUT2D eigenvalue weighted by Crippen LogP contribution is 2.33. The van der Waals surface area contributed by atoms with Crippen LogP contribution < -0.4 is 4.74 Å². The number of rotatable bonds is 11. The summed E-state index contributed by atoms with van der Waals surface area (Å²) in [6, 6.07) is 5.89. The zero-order valence-electron chi connectivity index (χ0n) is 24.1. The highest BCUT2D eigenvalue weighted by molar-refractivity contribution is 5.78. The van der Waals surface area contributed by atoms with Crippen LogP contribution in [0, 0.1) is 19.3 Å². The third-order valence-corrected chi connectivity index (χ3v) is 6.16. The lowest BCUT2D eigenvalue weighted by Crippen LogP contribution is -2.64. The van der Waals surface area contributed by atoms with Gasteiger partial charge in [-0.1, -0.05) is 12.1 Å². The minimum absolute atomic E-state index is 0.347. The van der Waals surface area contributed by atoms with Crippen molar-refractivity contribution in [2.24, 2.45) is 5.41 Å². The van der Waals surface area contributed by atoms with Crippen LogP contribution in [0.5, 0.6) is 5.75 Å². The zero-order chi connectivity index (χ0) is 30.2. The first kappa shape index (κ1) is 32.5. The van der Waals surface area contributed by atoms with E-state index in [0.717, 1.165) is 44.8 Å². The van der Waals surface area contributed by atoms with Gasteiger partial charge in [-0.3, -0.25) is 19.2 Å². The summed E-state index contributed by atoms with van der Waals surface area (Å²) in [5.41, 5.74) is 0.997. The Kier molecular flexibility index (Phi) is 11.5. The van der Waals surface area contributed by atoms with E-state index in [0.29, 0.717) is 19.4 Å². The van der Waals surface area contributed by atoms with E-state index in [1.807, 2.05) is 32.0 Å². The van der Waals surface area contributed by atoms with Gasteiger partial charge in [0.1, 0.15) is 5.75 Å². The second kappa shape index (κ2) is 14.1. The van der Waals surface area contributed by atoms with Crippen LogP contribution in [0.2, 0.25) is 0 Å². The van der Waals surface area contributed by atoms with E-state index < -0.39 is 66.0 Å². The molecule has 0 saturated carbocycles. The van der Waals surface area contributed by atoms with Crippen LogP contribution in [0.15, 0.2) is 18.2 Å². The molecule has 0 radical (unpaired) electrons. The minimum atomic E-state index is -1.69. The molecule has 1 aromatic carbocycles. The molecule has 0 bridgehead atoms. The maximum Gasteiger partial charge on any atom is 0.339 e. The molecule has 1 aliphatic heterocycles. The molecule has 1 aromatic rings. The lowest BCUT2D eigenvalue weighted by molar-refractivity contribution is -0.296. The fraction of sp³-hybridized carbons (Fsp3) is 0.607. The molecule has 1 fully saturated rings. The van der Waals surface area contributed by atoms with Crippen LogP contribution in [0.3, 0.4) is 0 Å². The molecule has 2 rings (SSSR count). The number of methoxy groups -OCH3 is 1. The van der Waals surface area contributed by atoms with E-state index >= 15 is 0 Å². The SMILES string of the molecule is COC(=O)[C@H]1O[C@@H](OC(=O)C(C)(C)CCCOc2cc(C)ccc2C)[C@H](OC(C)=O)[C@@H](OC(C)=O)[C@@H]1OC(C)=O. The van der Waals surface area contributed by atoms with Gasteiger partial charge in [-0.2, -0.15) is 0 Å². The van der Waals surface area contributed by atoms with Crippen molar-refractivity contribution in [2.75, 3.05) is 13.7 Å².